The number of amides is 1. The number of hydrogen-bond donors (Lipinski definition) is 1. The first-order chi connectivity index (χ1) is 4.56. The lowest BCUT2D eigenvalue weighted by Crippen LogP contribution is -2.41. The molecule has 1 amide bonds. The van der Waals surface area contributed by atoms with Crippen molar-refractivity contribution >= 4 is 6.09 Å². The Bertz CT molecular complexity index is 156. The molecule has 1 saturated heterocycles. The first-order valence-corrected chi connectivity index (χ1v) is 3.30. The summed E-state index contributed by atoms with van der Waals surface area (Å²) in [5.41, 5.74) is 5.33. The molecule has 0 aromatic heterocycles. The minimum absolute atomic E-state index is 0.0810. The van der Waals surface area contributed by atoms with Gasteiger partial charge in [-0.2, -0.15) is 4.79 Å². The predicted octanol–water partition coefficient (Wildman–Crippen LogP) is -0.460. The molecule has 0 aromatic carbocycles. The number of carbonyl (C=O) groups excluding carboxylic acids is 1. The summed E-state index contributed by atoms with van der Waals surface area (Å²) in [7, 11) is 3.63. The Morgan fingerprint density at radius 3 is 2.60 bits per heavy atom. The fourth-order valence-electron chi connectivity index (χ4n) is 1.03. The van der Waals surface area contributed by atoms with E-state index in [4.69, 9.17) is 10.5 Å². The Hall–Kier alpha value is -0.610. The molecule has 0 aliphatic carbocycles. The molecule has 0 bridgehead atoms. The van der Waals surface area contributed by atoms with Crippen LogP contribution in [0.5, 0.6) is 0 Å². The molecule has 1 heterocycles. The third-order valence-corrected chi connectivity index (χ3v) is 1.68. The number of hydrogen-bond acceptors (Lipinski definition) is 3. The lowest BCUT2D eigenvalue weighted by Gasteiger charge is -2.14. The van der Waals surface area contributed by atoms with E-state index >= 15 is 0 Å². The molecule has 0 saturated carbocycles. The molecule has 10 heavy (non-hydrogen) atoms. The van der Waals surface area contributed by atoms with Gasteiger partial charge in [-0.1, -0.05) is 0 Å². The second-order valence-electron chi connectivity index (χ2n) is 3.11. The van der Waals surface area contributed by atoms with Crippen molar-refractivity contribution in [2.24, 2.45) is 5.73 Å². The number of quaternary nitrogens is 1. The number of ether oxygens (including phenoxy) is 1. The van der Waals surface area contributed by atoms with Gasteiger partial charge in [-0.3, -0.25) is 0 Å². The van der Waals surface area contributed by atoms with E-state index in [0.717, 1.165) is 0 Å². The van der Waals surface area contributed by atoms with Gasteiger partial charge in [-0.25, -0.2) is 4.48 Å². The van der Waals surface area contributed by atoms with Crippen LogP contribution in [0.3, 0.4) is 0 Å². The second kappa shape index (κ2) is 2.21. The average Bonchev–Trinajstić information content (AvgIpc) is 2.08. The minimum atomic E-state index is -0.185. The van der Waals surface area contributed by atoms with Crippen LogP contribution in [0.2, 0.25) is 0 Å². The van der Waals surface area contributed by atoms with Crippen LogP contribution in [0.15, 0.2) is 0 Å². The van der Waals surface area contributed by atoms with Gasteiger partial charge in [0, 0.05) is 6.54 Å². The highest BCUT2D eigenvalue weighted by atomic mass is 16.6. The van der Waals surface area contributed by atoms with E-state index in [2.05, 4.69) is 0 Å². The zero-order valence-corrected chi connectivity index (χ0v) is 6.33. The Labute approximate surface area is 60.1 Å². The molecule has 0 radical (unpaired) electrons. The molecule has 58 valence electrons. The minimum Gasteiger partial charge on any atom is -0.409 e. The van der Waals surface area contributed by atoms with Gasteiger partial charge in [-0.05, 0) is 0 Å². The Morgan fingerprint density at radius 1 is 1.80 bits per heavy atom. The molecule has 1 fully saturated rings. The summed E-state index contributed by atoms with van der Waals surface area (Å²) < 4.78 is 5.23. The maximum absolute atomic E-state index is 11.0. The Morgan fingerprint density at radius 2 is 2.40 bits per heavy atom. The predicted molar refractivity (Wildman–Crippen MR) is 36.3 cm³/mol. The van der Waals surface area contributed by atoms with Gasteiger partial charge in [0.2, 0.25) is 0 Å². The van der Waals surface area contributed by atoms with Crippen molar-refractivity contribution in [3.8, 4) is 0 Å². The van der Waals surface area contributed by atoms with Crippen molar-refractivity contribution in [2.75, 3.05) is 27.2 Å². The summed E-state index contributed by atoms with van der Waals surface area (Å²) in [4.78, 5) is 11.0. The number of likely N-dealkylation sites (N-methyl/N-ethyl adjacent to an activating group) is 1. The van der Waals surface area contributed by atoms with E-state index in [1.54, 1.807) is 0 Å². The molecule has 4 nitrogen and oxygen atoms in total. The maximum atomic E-state index is 11.0. The van der Waals surface area contributed by atoms with E-state index in [1.807, 2.05) is 14.1 Å². The number of nitrogens with zero attached hydrogens (tertiary/aromatic N) is 1. The van der Waals surface area contributed by atoms with Crippen LogP contribution in [0.4, 0.5) is 4.79 Å². The van der Waals surface area contributed by atoms with Crippen molar-refractivity contribution in [2.45, 2.75) is 6.10 Å². The third-order valence-electron chi connectivity index (χ3n) is 1.68. The van der Waals surface area contributed by atoms with Gasteiger partial charge < -0.3 is 10.5 Å². The highest BCUT2D eigenvalue weighted by molar-refractivity contribution is 5.61. The monoisotopic (exact) mass is 145 g/mol. The largest absolute Gasteiger partial charge is 0.516 e. The van der Waals surface area contributed by atoms with Crippen LogP contribution in [0.25, 0.3) is 0 Å². The normalized spacial score (nSPS) is 30.3. The molecule has 2 N–H and O–H groups in total. The summed E-state index contributed by atoms with van der Waals surface area (Å²) in [6.45, 7) is 1.11. The lowest BCUT2D eigenvalue weighted by molar-refractivity contribution is -0.801. The molecule has 1 rings (SSSR count). The van der Waals surface area contributed by atoms with Gasteiger partial charge in [0.25, 0.3) is 0 Å². The summed E-state index contributed by atoms with van der Waals surface area (Å²) in [6, 6.07) is 0. The third kappa shape index (κ3) is 1.12. The highest BCUT2D eigenvalue weighted by Gasteiger charge is 2.41. The molecule has 4 heteroatoms. The molecular formula is C6H13N2O2+. The summed E-state index contributed by atoms with van der Waals surface area (Å²) in [6.07, 6.45) is -0.266. The summed E-state index contributed by atoms with van der Waals surface area (Å²) in [5.74, 6) is 0. The van der Waals surface area contributed by atoms with Gasteiger partial charge in [0.1, 0.15) is 6.54 Å². The summed E-state index contributed by atoms with van der Waals surface area (Å²) in [5, 5.41) is 0. The zero-order chi connectivity index (χ0) is 7.78. The second-order valence-corrected chi connectivity index (χ2v) is 3.11. The molecule has 0 aromatic rings. The number of nitrogens with two attached hydrogens (primary N) is 1. The standard InChI is InChI=1S/C6H13N2O2/c1-8(2)4-5(3-7)10-6(8)9/h5H,3-4,7H2,1-2H3/q+1. The van der Waals surface area contributed by atoms with Crippen molar-refractivity contribution < 1.29 is 14.0 Å². The van der Waals surface area contributed by atoms with Crippen molar-refractivity contribution in [1.29, 1.82) is 0 Å². The SMILES string of the molecule is C[N+]1(C)CC(CN)OC1=O. The average molecular weight is 145 g/mol. The fraction of sp³-hybridized carbons (Fsp3) is 0.833. The number of carbonyl (C=O) groups is 1. The van der Waals surface area contributed by atoms with Crippen molar-refractivity contribution in [3.63, 3.8) is 0 Å². The number of rotatable bonds is 1. The molecule has 0 spiro atoms. The number of cyclic esters (lactones) is 1. The first kappa shape index (κ1) is 7.50. The van der Waals surface area contributed by atoms with Crippen LogP contribution < -0.4 is 5.73 Å². The zero-order valence-electron chi connectivity index (χ0n) is 6.33. The van der Waals surface area contributed by atoms with E-state index in [1.165, 1.54) is 0 Å². The van der Waals surface area contributed by atoms with E-state index in [9.17, 15) is 4.79 Å². The smallest absolute Gasteiger partial charge is 0.409 e. The maximum Gasteiger partial charge on any atom is 0.516 e. The van der Waals surface area contributed by atoms with Gasteiger partial charge in [-0.15, -0.1) is 0 Å². The highest BCUT2D eigenvalue weighted by Crippen LogP contribution is 2.14. The topological polar surface area (TPSA) is 52.3 Å². The van der Waals surface area contributed by atoms with Crippen LogP contribution in [-0.2, 0) is 4.74 Å². The molecule has 1 unspecified atom stereocenters. The Kier molecular flexibility index (Phi) is 1.66. The quantitative estimate of drug-likeness (QED) is 0.508. The van der Waals surface area contributed by atoms with Crippen molar-refractivity contribution in [3.05, 3.63) is 0 Å². The van der Waals surface area contributed by atoms with Crippen LogP contribution >= 0.6 is 0 Å². The van der Waals surface area contributed by atoms with Gasteiger partial charge in [0.15, 0.2) is 6.10 Å². The molecule has 1 aliphatic heterocycles. The van der Waals surface area contributed by atoms with Crippen LogP contribution in [0, 0.1) is 0 Å². The Balaban J connectivity index is 2.62. The van der Waals surface area contributed by atoms with Gasteiger partial charge >= 0.3 is 6.09 Å². The van der Waals surface area contributed by atoms with Crippen LogP contribution in [-0.4, -0.2) is 43.9 Å². The molecule has 1 aliphatic rings. The molecular weight excluding hydrogens is 132 g/mol. The fourth-order valence-corrected chi connectivity index (χ4v) is 1.03. The molecule has 1 atom stereocenters. The first-order valence-electron chi connectivity index (χ1n) is 3.30. The summed E-state index contributed by atoms with van der Waals surface area (Å²) >= 11 is 0. The van der Waals surface area contributed by atoms with E-state index < -0.39 is 0 Å². The van der Waals surface area contributed by atoms with Crippen LogP contribution in [0.1, 0.15) is 0 Å². The van der Waals surface area contributed by atoms with E-state index in [-0.39, 0.29) is 12.2 Å². The van der Waals surface area contributed by atoms with E-state index in [0.29, 0.717) is 17.6 Å². The van der Waals surface area contributed by atoms with Gasteiger partial charge in [0.05, 0.1) is 14.1 Å². The lowest BCUT2D eigenvalue weighted by atomic mass is 10.3. The van der Waals surface area contributed by atoms with Crippen molar-refractivity contribution in [1.82, 2.24) is 0 Å².